The lowest BCUT2D eigenvalue weighted by Gasteiger charge is -2.45. The quantitative estimate of drug-likeness (QED) is 0.0682. The average Bonchev–Trinajstić information content (AvgIpc) is 3.13. The van der Waals surface area contributed by atoms with E-state index in [2.05, 4.69) is 15.3 Å². The van der Waals surface area contributed by atoms with Gasteiger partial charge in [-0.25, -0.2) is 9.98 Å². The maximum absolute atomic E-state index is 12.1. The first-order valence-electron chi connectivity index (χ1n) is 12.4. The van der Waals surface area contributed by atoms with Crippen molar-refractivity contribution >= 4 is 18.2 Å². The van der Waals surface area contributed by atoms with Crippen LogP contribution in [0.1, 0.15) is 6.92 Å². The number of nitrogens with one attached hydrogen (secondary N) is 1. The van der Waals surface area contributed by atoms with Crippen LogP contribution in [-0.4, -0.2) is 159 Å². The van der Waals surface area contributed by atoms with Crippen LogP contribution >= 0.6 is 0 Å². The van der Waals surface area contributed by atoms with E-state index in [-0.39, 0.29) is 6.29 Å². The van der Waals surface area contributed by atoms with E-state index in [0.717, 1.165) is 0 Å². The smallest absolute Gasteiger partial charge is 0.188 e. The Kier molecular flexibility index (Phi) is 10.2. The first-order chi connectivity index (χ1) is 18.7. The van der Waals surface area contributed by atoms with Crippen molar-refractivity contribution in [3.63, 3.8) is 0 Å². The van der Waals surface area contributed by atoms with Gasteiger partial charge in [0.1, 0.15) is 60.9 Å². The summed E-state index contributed by atoms with van der Waals surface area (Å²) in [5.74, 6) is -1.03. The number of guanidine groups is 2. The summed E-state index contributed by atoms with van der Waals surface area (Å²) in [6.45, 7) is 0.620. The van der Waals surface area contributed by atoms with Crippen LogP contribution in [0.25, 0.3) is 0 Å². The molecule has 11 unspecified atom stereocenters. The molecule has 1 aliphatic carbocycles. The Bertz CT molecular complexity index is 940. The molecule has 1 saturated carbocycles. The van der Waals surface area contributed by atoms with Crippen molar-refractivity contribution in [1.82, 2.24) is 5.32 Å². The molecule has 3 fully saturated rings. The van der Waals surface area contributed by atoms with E-state index >= 15 is 0 Å². The molecule has 0 aromatic carbocycles. The van der Waals surface area contributed by atoms with Crippen LogP contribution in [0.3, 0.4) is 0 Å². The molecule has 2 aliphatic heterocycles. The lowest BCUT2D eigenvalue weighted by atomic mass is 9.81. The first-order valence-corrected chi connectivity index (χ1v) is 12.4. The average molecular weight is 582 g/mol. The summed E-state index contributed by atoms with van der Waals surface area (Å²) in [6.07, 6.45) is -17.3. The summed E-state index contributed by atoms with van der Waals surface area (Å²) in [5.41, 5.74) is 19.4. The predicted molar refractivity (Wildman–Crippen MR) is 133 cm³/mol. The maximum atomic E-state index is 12.1. The van der Waals surface area contributed by atoms with Gasteiger partial charge in [-0.15, -0.1) is 0 Å². The van der Waals surface area contributed by atoms with Crippen LogP contribution in [0.2, 0.25) is 0 Å². The SMILES string of the molecule is CNC1C(O[C@H]2[C@H](OC3C(O)C(O)C(N=C(N)N)C(O)C3N=C(N)N)O[C@@H](C)[C@@]2(O)C=O)OC(CO)C(O)C1O. The summed E-state index contributed by atoms with van der Waals surface area (Å²) in [7, 11) is 1.42. The van der Waals surface area contributed by atoms with Crippen LogP contribution in [0.4, 0.5) is 0 Å². The number of hydrogen-bond acceptors (Lipinski definition) is 15. The number of likely N-dealkylation sites (N-methyl/N-ethyl adjacent to an activating group) is 1. The molecule has 15 atom stereocenters. The first kappa shape index (κ1) is 32.2. The number of nitrogens with zero attached hydrogens (tertiary/aromatic N) is 2. The van der Waals surface area contributed by atoms with Crippen LogP contribution in [0.5, 0.6) is 0 Å². The molecule has 3 aliphatic rings. The fraction of sp³-hybridized carbons (Fsp3) is 0.857. The molecule has 2 saturated heterocycles. The van der Waals surface area contributed by atoms with Crippen molar-refractivity contribution in [3.05, 3.63) is 0 Å². The van der Waals surface area contributed by atoms with Crippen LogP contribution < -0.4 is 28.3 Å². The number of aliphatic hydroxyl groups excluding tert-OH is 6. The van der Waals surface area contributed by atoms with Gasteiger partial charge in [0.2, 0.25) is 0 Å². The van der Waals surface area contributed by atoms with Gasteiger partial charge < -0.3 is 82.9 Å². The molecule has 19 nitrogen and oxygen atoms in total. The van der Waals surface area contributed by atoms with E-state index in [1.54, 1.807) is 0 Å². The van der Waals surface area contributed by atoms with E-state index in [9.17, 15) is 40.5 Å². The van der Waals surface area contributed by atoms with Gasteiger partial charge in [0.05, 0.1) is 18.8 Å². The van der Waals surface area contributed by atoms with Crippen molar-refractivity contribution < 1.29 is 59.5 Å². The standard InChI is InChI=1S/C21H39N7O12/c1-5-21(36,4-30)16(40-17-9(26-2)13(34)10(31)6(3-29)38-17)18(37-5)39-15-8(28-20(24)25)11(32)7(27-19(22)23)12(33)14(15)35/h4-18,26,29,31-36H,3H2,1-2H3,(H4,22,23,27)(H4,24,25,28)/t5-,6?,7?,8?,9?,10?,11?,12?,13?,14?,15?,16-,17?,18-,21-/m0/s1. The molecular formula is C21H39N7O12. The van der Waals surface area contributed by atoms with Gasteiger partial charge in [-0.1, -0.05) is 0 Å². The molecule has 3 rings (SSSR count). The lowest BCUT2D eigenvalue weighted by molar-refractivity contribution is -0.314. The molecule has 2 heterocycles. The fourth-order valence-corrected chi connectivity index (χ4v) is 5.08. The van der Waals surface area contributed by atoms with Crippen molar-refractivity contribution in [2.45, 2.75) is 98.2 Å². The zero-order chi connectivity index (χ0) is 30.1. The van der Waals surface area contributed by atoms with Gasteiger partial charge in [0.15, 0.2) is 36.4 Å². The summed E-state index contributed by atoms with van der Waals surface area (Å²) in [5, 5.41) is 76.6. The Hall–Kier alpha value is -2.27. The Morgan fingerprint density at radius 3 is 2.02 bits per heavy atom. The van der Waals surface area contributed by atoms with Gasteiger partial charge in [0.25, 0.3) is 0 Å². The molecule has 0 aromatic heterocycles. The highest BCUT2D eigenvalue weighted by atomic mass is 16.8. The molecule has 0 aromatic rings. The summed E-state index contributed by atoms with van der Waals surface area (Å²) < 4.78 is 22.9. The highest BCUT2D eigenvalue weighted by molar-refractivity contribution is 5.76. The molecule has 0 radical (unpaired) electrons. The molecule has 0 spiro atoms. The van der Waals surface area contributed by atoms with Crippen molar-refractivity contribution in [3.8, 4) is 0 Å². The molecular weight excluding hydrogens is 542 g/mol. The number of hydrogen-bond donors (Lipinski definition) is 12. The van der Waals surface area contributed by atoms with Crippen molar-refractivity contribution in [2.75, 3.05) is 13.7 Å². The highest BCUT2D eigenvalue weighted by Gasteiger charge is 2.60. The third-order valence-corrected chi connectivity index (χ3v) is 7.34. The second kappa shape index (κ2) is 12.7. The number of aldehydes is 1. The normalized spacial score (nSPS) is 47.4. The molecule has 0 bridgehead atoms. The van der Waals surface area contributed by atoms with E-state index < -0.39 is 110 Å². The van der Waals surface area contributed by atoms with Crippen molar-refractivity contribution in [1.29, 1.82) is 0 Å². The highest BCUT2D eigenvalue weighted by Crippen LogP contribution is 2.38. The van der Waals surface area contributed by atoms with Crippen LogP contribution in [0.15, 0.2) is 9.98 Å². The minimum atomic E-state index is -2.38. The third-order valence-electron chi connectivity index (χ3n) is 7.34. The minimum absolute atomic E-state index is 0.140. The monoisotopic (exact) mass is 581 g/mol. The Labute approximate surface area is 228 Å². The Morgan fingerprint density at radius 1 is 0.900 bits per heavy atom. The second-order valence-electron chi connectivity index (χ2n) is 9.89. The van der Waals surface area contributed by atoms with E-state index in [1.807, 2.05) is 0 Å². The molecule has 40 heavy (non-hydrogen) atoms. The second-order valence-corrected chi connectivity index (χ2v) is 9.89. The molecule has 0 amide bonds. The topological polar surface area (TPSA) is 336 Å². The Balaban J connectivity index is 1.96. The van der Waals surface area contributed by atoms with Gasteiger partial charge >= 0.3 is 0 Å². The number of ether oxygens (including phenoxy) is 4. The number of carbonyl (C=O) groups is 1. The predicted octanol–water partition coefficient (Wildman–Crippen LogP) is -8.16. The van der Waals surface area contributed by atoms with E-state index in [4.69, 9.17) is 41.9 Å². The van der Waals surface area contributed by atoms with Crippen LogP contribution in [-0.2, 0) is 23.7 Å². The van der Waals surface area contributed by atoms with Gasteiger partial charge in [-0.2, -0.15) is 0 Å². The molecule has 19 heteroatoms. The Morgan fingerprint density at radius 2 is 1.50 bits per heavy atom. The third kappa shape index (κ3) is 6.00. The summed E-state index contributed by atoms with van der Waals surface area (Å²) in [6, 6.07) is -4.08. The van der Waals surface area contributed by atoms with Crippen LogP contribution in [0, 0.1) is 0 Å². The van der Waals surface area contributed by atoms with E-state index in [0.29, 0.717) is 0 Å². The molecule has 230 valence electrons. The largest absolute Gasteiger partial charge is 0.394 e. The number of rotatable bonds is 9. The number of carbonyl (C=O) groups excluding carboxylic acids is 1. The molecule has 16 N–H and O–H groups in total. The van der Waals surface area contributed by atoms with Gasteiger partial charge in [0, 0.05) is 0 Å². The fourth-order valence-electron chi connectivity index (χ4n) is 5.08. The number of aliphatic imine (C=N–C) groups is 2. The zero-order valence-electron chi connectivity index (χ0n) is 21.7. The maximum Gasteiger partial charge on any atom is 0.188 e. The van der Waals surface area contributed by atoms with E-state index in [1.165, 1.54) is 14.0 Å². The zero-order valence-corrected chi connectivity index (χ0v) is 21.7. The minimum Gasteiger partial charge on any atom is -0.394 e. The van der Waals surface area contributed by atoms with Crippen molar-refractivity contribution in [2.24, 2.45) is 32.9 Å². The van der Waals surface area contributed by atoms with Gasteiger partial charge in [-0.3, -0.25) is 4.79 Å². The number of nitrogens with two attached hydrogens (primary N) is 4. The van der Waals surface area contributed by atoms with Gasteiger partial charge in [-0.05, 0) is 14.0 Å². The number of aliphatic hydroxyl groups is 7. The lowest BCUT2D eigenvalue weighted by Crippen LogP contribution is -2.66. The summed E-state index contributed by atoms with van der Waals surface area (Å²) >= 11 is 0. The summed E-state index contributed by atoms with van der Waals surface area (Å²) in [4.78, 5) is 19.7.